The largest absolute Gasteiger partial charge is 0.345 e. The lowest BCUT2D eigenvalue weighted by molar-refractivity contribution is -0.131. The summed E-state index contributed by atoms with van der Waals surface area (Å²) in [5, 5.41) is 3.50. The highest BCUT2D eigenvalue weighted by atomic mass is 16.2. The van der Waals surface area contributed by atoms with E-state index in [0.717, 1.165) is 5.56 Å². The van der Waals surface area contributed by atoms with Crippen molar-refractivity contribution < 1.29 is 9.59 Å². The molecule has 1 N–H and O–H groups in total. The number of para-hydroxylation sites is 1. The van der Waals surface area contributed by atoms with Crippen LogP contribution in [0.15, 0.2) is 53.3 Å². The second-order valence-corrected chi connectivity index (χ2v) is 7.45. The maximum atomic E-state index is 13.0. The standard InChI is InChI=1S/C22H20N4O3/c27-20(13-18-14-5-1-2-6-15(14)21(28)24-18)25-10-9-19-23-17-8-4-3-7-16(17)22(29)26(19)12-11-25/h1-8,18H,9-13H2,(H,24,28)/t18-/m1/s1. The van der Waals surface area contributed by atoms with Crippen molar-refractivity contribution in [1.82, 2.24) is 19.8 Å². The second kappa shape index (κ2) is 6.84. The van der Waals surface area contributed by atoms with E-state index in [1.54, 1.807) is 21.6 Å². The summed E-state index contributed by atoms with van der Waals surface area (Å²) in [5.74, 6) is 0.546. The van der Waals surface area contributed by atoms with Gasteiger partial charge in [-0.05, 0) is 23.8 Å². The minimum Gasteiger partial charge on any atom is -0.345 e. The minimum atomic E-state index is -0.305. The third kappa shape index (κ3) is 2.99. The molecule has 0 saturated carbocycles. The lowest BCUT2D eigenvalue weighted by atomic mass is 10.0. The average molecular weight is 388 g/mol. The third-order valence-corrected chi connectivity index (χ3v) is 5.76. The molecule has 7 nitrogen and oxygen atoms in total. The van der Waals surface area contributed by atoms with Gasteiger partial charge in [-0.2, -0.15) is 0 Å². The van der Waals surface area contributed by atoms with Gasteiger partial charge in [-0.3, -0.25) is 19.0 Å². The van der Waals surface area contributed by atoms with Gasteiger partial charge in [0.15, 0.2) is 0 Å². The number of nitrogens with zero attached hydrogens (tertiary/aromatic N) is 3. The summed E-state index contributed by atoms with van der Waals surface area (Å²) < 4.78 is 1.68. The van der Waals surface area contributed by atoms with Crippen LogP contribution in [0.4, 0.5) is 0 Å². The second-order valence-electron chi connectivity index (χ2n) is 7.45. The number of carbonyl (C=O) groups is 2. The Labute approximate surface area is 167 Å². The van der Waals surface area contributed by atoms with Crippen LogP contribution < -0.4 is 10.9 Å². The highest BCUT2D eigenvalue weighted by molar-refractivity contribution is 5.99. The molecule has 3 aromatic rings. The zero-order valence-corrected chi connectivity index (χ0v) is 15.8. The molecular formula is C22H20N4O3. The number of aromatic nitrogens is 2. The van der Waals surface area contributed by atoms with Crippen LogP contribution in [0.3, 0.4) is 0 Å². The Hall–Kier alpha value is -3.48. The van der Waals surface area contributed by atoms with Crippen molar-refractivity contribution in [1.29, 1.82) is 0 Å². The number of rotatable bonds is 2. The molecule has 3 heterocycles. The molecule has 0 spiro atoms. The summed E-state index contributed by atoms with van der Waals surface area (Å²) in [4.78, 5) is 44.3. The molecule has 0 aliphatic carbocycles. The van der Waals surface area contributed by atoms with Gasteiger partial charge < -0.3 is 10.2 Å². The third-order valence-electron chi connectivity index (χ3n) is 5.76. The molecule has 2 aliphatic rings. The summed E-state index contributed by atoms with van der Waals surface area (Å²) in [6, 6.07) is 14.4. The van der Waals surface area contributed by atoms with Crippen LogP contribution in [-0.4, -0.2) is 39.4 Å². The Kier molecular flexibility index (Phi) is 4.16. The van der Waals surface area contributed by atoms with Crippen molar-refractivity contribution in [2.24, 2.45) is 0 Å². The van der Waals surface area contributed by atoms with Crippen LogP contribution in [0.25, 0.3) is 10.9 Å². The first-order chi connectivity index (χ1) is 14.1. The average Bonchev–Trinajstić information content (AvgIpc) is 2.90. The maximum absolute atomic E-state index is 13.0. The molecule has 0 unspecified atom stereocenters. The minimum absolute atomic E-state index is 0.0302. The van der Waals surface area contributed by atoms with Crippen LogP contribution in [0.1, 0.15) is 34.2 Å². The number of nitrogens with one attached hydrogen (secondary N) is 1. The number of amides is 2. The Morgan fingerprint density at radius 2 is 1.83 bits per heavy atom. The lowest BCUT2D eigenvalue weighted by Gasteiger charge is -2.22. The predicted octanol–water partition coefficient (Wildman–Crippen LogP) is 1.66. The first kappa shape index (κ1) is 17.6. The van der Waals surface area contributed by atoms with E-state index in [0.29, 0.717) is 48.3 Å². The van der Waals surface area contributed by atoms with Gasteiger partial charge in [0, 0.05) is 31.6 Å². The Morgan fingerprint density at radius 3 is 2.72 bits per heavy atom. The van der Waals surface area contributed by atoms with Crippen molar-refractivity contribution in [3.8, 4) is 0 Å². The van der Waals surface area contributed by atoms with E-state index in [1.165, 1.54) is 0 Å². The molecule has 0 fully saturated rings. The summed E-state index contributed by atoms with van der Waals surface area (Å²) in [7, 11) is 0. The van der Waals surface area contributed by atoms with Crippen molar-refractivity contribution in [3.63, 3.8) is 0 Å². The molecule has 5 rings (SSSR count). The maximum Gasteiger partial charge on any atom is 0.261 e. The van der Waals surface area contributed by atoms with E-state index in [1.807, 2.05) is 36.4 Å². The fourth-order valence-electron chi connectivity index (χ4n) is 4.24. The topological polar surface area (TPSA) is 84.3 Å². The molecular weight excluding hydrogens is 368 g/mol. The number of carbonyl (C=O) groups excluding carboxylic acids is 2. The zero-order chi connectivity index (χ0) is 20.0. The van der Waals surface area contributed by atoms with E-state index in [9.17, 15) is 14.4 Å². The van der Waals surface area contributed by atoms with Gasteiger partial charge in [0.2, 0.25) is 5.91 Å². The lowest BCUT2D eigenvalue weighted by Crippen LogP contribution is -2.36. The molecule has 0 radical (unpaired) electrons. The monoisotopic (exact) mass is 388 g/mol. The summed E-state index contributed by atoms with van der Waals surface area (Å²) in [5.41, 5.74) is 2.13. The molecule has 7 heteroatoms. The van der Waals surface area contributed by atoms with Gasteiger partial charge in [0.05, 0.1) is 23.4 Å². The van der Waals surface area contributed by atoms with Gasteiger partial charge in [-0.1, -0.05) is 30.3 Å². The van der Waals surface area contributed by atoms with E-state index in [4.69, 9.17) is 0 Å². The van der Waals surface area contributed by atoms with E-state index >= 15 is 0 Å². The van der Waals surface area contributed by atoms with Crippen molar-refractivity contribution in [2.45, 2.75) is 25.4 Å². The summed E-state index contributed by atoms with van der Waals surface area (Å²) in [6.45, 7) is 1.38. The Morgan fingerprint density at radius 1 is 1.03 bits per heavy atom. The Bertz CT molecular complexity index is 1200. The first-order valence-electron chi connectivity index (χ1n) is 9.78. The molecule has 1 aromatic heterocycles. The summed E-state index contributed by atoms with van der Waals surface area (Å²) in [6.07, 6.45) is 0.739. The van der Waals surface area contributed by atoms with Crippen LogP contribution in [0.5, 0.6) is 0 Å². The van der Waals surface area contributed by atoms with Crippen molar-refractivity contribution in [2.75, 3.05) is 13.1 Å². The van der Waals surface area contributed by atoms with Crippen LogP contribution in [0, 0.1) is 0 Å². The van der Waals surface area contributed by atoms with Crippen molar-refractivity contribution >= 4 is 22.7 Å². The highest BCUT2D eigenvalue weighted by Crippen LogP contribution is 2.28. The van der Waals surface area contributed by atoms with Gasteiger partial charge >= 0.3 is 0 Å². The van der Waals surface area contributed by atoms with Gasteiger partial charge in [0.1, 0.15) is 5.82 Å². The number of benzene rings is 2. The number of fused-ring (bicyclic) bond motifs is 3. The van der Waals surface area contributed by atoms with Gasteiger partial charge in [-0.15, -0.1) is 0 Å². The molecule has 0 bridgehead atoms. The predicted molar refractivity (Wildman–Crippen MR) is 108 cm³/mol. The zero-order valence-electron chi connectivity index (χ0n) is 15.8. The van der Waals surface area contributed by atoms with E-state index in [2.05, 4.69) is 10.3 Å². The first-order valence-corrected chi connectivity index (χ1v) is 9.78. The SMILES string of the molecule is O=C1N[C@H](CC(=O)N2CCc3nc4ccccc4c(=O)n3CC2)c2ccccc21. The van der Waals surface area contributed by atoms with E-state index < -0.39 is 0 Å². The number of hydrogen-bond acceptors (Lipinski definition) is 4. The quantitative estimate of drug-likeness (QED) is 0.724. The highest BCUT2D eigenvalue weighted by Gasteiger charge is 2.31. The molecule has 2 aromatic carbocycles. The van der Waals surface area contributed by atoms with Crippen molar-refractivity contribution in [3.05, 3.63) is 75.8 Å². The Balaban J connectivity index is 1.35. The molecule has 1 atom stereocenters. The van der Waals surface area contributed by atoms with E-state index in [-0.39, 0.29) is 29.8 Å². The summed E-state index contributed by atoms with van der Waals surface area (Å²) >= 11 is 0. The van der Waals surface area contributed by atoms with Crippen LogP contribution >= 0.6 is 0 Å². The molecule has 0 saturated heterocycles. The molecule has 146 valence electrons. The van der Waals surface area contributed by atoms with Gasteiger partial charge in [-0.25, -0.2) is 4.98 Å². The number of hydrogen-bond donors (Lipinski definition) is 1. The fraction of sp³-hybridized carbons (Fsp3) is 0.273. The molecule has 2 aliphatic heterocycles. The molecule has 29 heavy (non-hydrogen) atoms. The van der Waals surface area contributed by atoms with Gasteiger partial charge in [0.25, 0.3) is 11.5 Å². The molecule has 2 amide bonds. The normalized spacial score (nSPS) is 18.1. The smallest absolute Gasteiger partial charge is 0.261 e. The van der Waals surface area contributed by atoms with Crippen LogP contribution in [0.2, 0.25) is 0 Å². The van der Waals surface area contributed by atoms with Crippen LogP contribution in [-0.2, 0) is 17.8 Å². The fourth-order valence-corrected chi connectivity index (χ4v) is 4.24.